The molecule has 10 nitrogen and oxygen atoms in total. The molecule has 2 aromatic rings. The number of nitriles is 2. The maximum Gasteiger partial charge on any atom is 0.295 e. The highest BCUT2D eigenvalue weighted by Gasteiger charge is 2.38. The van der Waals surface area contributed by atoms with Gasteiger partial charge in [0, 0.05) is 13.1 Å². The number of aromatic nitrogens is 4. The van der Waals surface area contributed by atoms with Gasteiger partial charge < -0.3 is 9.69 Å². The van der Waals surface area contributed by atoms with Crippen molar-refractivity contribution in [2.75, 3.05) is 22.9 Å². The molecule has 0 amide bonds. The van der Waals surface area contributed by atoms with Gasteiger partial charge >= 0.3 is 0 Å². The lowest BCUT2D eigenvalue weighted by Crippen LogP contribution is -2.33. The number of nitrogens with zero attached hydrogens (tertiary/aromatic N) is 10. The standard InChI is InChI=1S/C16H10N10/c1-5-25-13-14(22-10(8-18)9(7-17)21-13)26(6-2)16-15(25)23-11(19-3)12(20-4)24-16/h5-6H2,1-2H3. The van der Waals surface area contributed by atoms with Gasteiger partial charge in [0.1, 0.15) is 12.1 Å². The van der Waals surface area contributed by atoms with Crippen molar-refractivity contribution in [2.45, 2.75) is 13.8 Å². The summed E-state index contributed by atoms with van der Waals surface area (Å²) in [6.07, 6.45) is 0. The van der Waals surface area contributed by atoms with E-state index in [-0.39, 0.29) is 23.0 Å². The third kappa shape index (κ3) is 2.23. The first-order valence-electron chi connectivity index (χ1n) is 7.57. The molecule has 0 aromatic carbocycles. The van der Waals surface area contributed by atoms with Gasteiger partial charge in [0.2, 0.25) is 0 Å². The first-order chi connectivity index (χ1) is 12.6. The Morgan fingerprint density at radius 1 is 0.769 bits per heavy atom. The predicted octanol–water partition coefficient (Wildman–Crippen LogP) is 2.74. The van der Waals surface area contributed by atoms with Gasteiger partial charge in [0.05, 0.1) is 0 Å². The minimum Gasteiger partial charge on any atom is -0.370 e. The van der Waals surface area contributed by atoms with Gasteiger partial charge in [-0.05, 0) is 13.8 Å². The third-order valence-electron chi connectivity index (χ3n) is 3.76. The van der Waals surface area contributed by atoms with E-state index >= 15 is 0 Å². The Kier molecular flexibility index (Phi) is 4.03. The normalized spacial score (nSPS) is 11.5. The third-order valence-corrected chi connectivity index (χ3v) is 3.76. The van der Waals surface area contributed by atoms with Gasteiger partial charge in [-0.15, -0.1) is 9.97 Å². The second-order valence-electron chi connectivity index (χ2n) is 5.02. The summed E-state index contributed by atoms with van der Waals surface area (Å²) < 4.78 is 0. The molecule has 0 saturated heterocycles. The molecule has 2 aromatic heterocycles. The zero-order valence-corrected chi connectivity index (χ0v) is 13.9. The highest BCUT2D eigenvalue weighted by atomic mass is 15.4. The van der Waals surface area contributed by atoms with Crippen molar-refractivity contribution in [1.29, 1.82) is 10.5 Å². The molecule has 124 valence electrons. The SMILES string of the molecule is [C-]#[N+]c1nc2c(nc1[N+]#[C-])N(CC)c1nc(C#N)c(C#N)nc1N2CC. The Hall–Kier alpha value is -4.28. The van der Waals surface area contributed by atoms with E-state index in [1.807, 2.05) is 26.0 Å². The second-order valence-corrected chi connectivity index (χ2v) is 5.02. The van der Waals surface area contributed by atoms with E-state index in [2.05, 4.69) is 29.6 Å². The van der Waals surface area contributed by atoms with Gasteiger partial charge in [-0.2, -0.15) is 10.5 Å². The van der Waals surface area contributed by atoms with Crippen LogP contribution in [0.4, 0.5) is 34.9 Å². The summed E-state index contributed by atoms with van der Waals surface area (Å²) in [5.41, 5.74) is -0.166. The number of hydrogen-bond donors (Lipinski definition) is 0. The second kappa shape index (κ2) is 6.32. The van der Waals surface area contributed by atoms with Crippen molar-refractivity contribution in [3.05, 3.63) is 34.2 Å². The van der Waals surface area contributed by atoms with Crippen molar-refractivity contribution >= 4 is 34.9 Å². The van der Waals surface area contributed by atoms with Crippen molar-refractivity contribution in [2.24, 2.45) is 0 Å². The first kappa shape index (κ1) is 16.6. The Morgan fingerprint density at radius 2 is 1.12 bits per heavy atom. The molecule has 0 fully saturated rings. The van der Waals surface area contributed by atoms with E-state index in [4.69, 9.17) is 13.1 Å². The minimum absolute atomic E-state index is 0.0830. The molecule has 1 aliphatic heterocycles. The largest absolute Gasteiger partial charge is 0.370 e. The molecule has 10 heteroatoms. The van der Waals surface area contributed by atoms with E-state index in [9.17, 15) is 10.5 Å². The molecular weight excluding hydrogens is 332 g/mol. The van der Waals surface area contributed by atoms with Crippen LogP contribution in [0.2, 0.25) is 0 Å². The van der Waals surface area contributed by atoms with Gasteiger partial charge in [-0.1, -0.05) is 13.1 Å². The van der Waals surface area contributed by atoms with E-state index in [1.54, 1.807) is 9.80 Å². The Labute approximate surface area is 149 Å². The predicted molar refractivity (Wildman–Crippen MR) is 91.4 cm³/mol. The summed E-state index contributed by atoms with van der Waals surface area (Å²) in [5, 5.41) is 18.5. The average molecular weight is 342 g/mol. The zero-order chi connectivity index (χ0) is 18.8. The fraction of sp³-hybridized carbons (Fsp3) is 0.250. The van der Waals surface area contributed by atoms with Crippen molar-refractivity contribution in [3.63, 3.8) is 0 Å². The molecule has 0 bridgehead atoms. The summed E-state index contributed by atoms with van der Waals surface area (Å²) in [4.78, 5) is 27.0. The molecule has 26 heavy (non-hydrogen) atoms. The van der Waals surface area contributed by atoms with E-state index in [1.165, 1.54) is 0 Å². The van der Waals surface area contributed by atoms with Crippen LogP contribution >= 0.6 is 0 Å². The summed E-state index contributed by atoms with van der Waals surface area (Å²) in [5.74, 6) is 1.25. The highest BCUT2D eigenvalue weighted by Crippen LogP contribution is 2.46. The van der Waals surface area contributed by atoms with Gasteiger partial charge in [0.25, 0.3) is 23.3 Å². The molecule has 0 atom stereocenters. The van der Waals surface area contributed by atoms with Crippen LogP contribution in [0.1, 0.15) is 25.2 Å². The van der Waals surface area contributed by atoms with Crippen LogP contribution in [0.25, 0.3) is 9.69 Å². The number of fused-ring (bicyclic) bond motifs is 2. The lowest BCUT2D eigenvalue weighted by Gasteiger charge is -2.32. The Bertz CT molecular complexity index is 907. The summed E-state index contributed by atoms with van der Waals surface area (Å²) in [6, 6.07) is 3.75. The molecule has 0 radical (unpaired) electrons. The zero-order valence-electron chi connectivity index (χ0n) is 13.9. The molecule has 0 spiro atoms. The van der Waals surface area contributed by atoms with Crippen LogP contribution in [0.5, 0.6) is 0 Å². The topological polar surface area (TPSA) is 114 Å². The van der Waals surface area contributed by atoms with Crippen LogP contribution in [0.15, 0.2) is 0 Å². The number of rotatable bonds is 2. The lowest BCUT2D eigenvalue weighted by molar-refractivity contribution is 0.858. The molecule has 0 aliphatic carbocycles. The fourth-order valence-electron chi connectivity index (χ4n) is 2.65. The van der Waals surface area contributed by atoms with Crippen LogP contribution < -0.4 is 9.80 Å². The van der Waals surface area contributed by atoms with E-state index in [0.717, 1.165) is 0 Å². The first-order valence-corrected chi connectivity index (χ1v) is 7.57. The maximum atomic E-state index is 9.24. The number of hydrogen-bond acceptors (Lipinski definition) is 8. The molecular formula is C16H10N10. The highest BCUT2D eigenvalue weighted by molar-refractivity contribution is 5.88. The quantitative estimate of drug-likeness (QED) is 0.765. The molecule has 3 heterocycles. The van der Waals surface area contributed by atoms with E-state index < -0.39 is 0 Å². The van der Waals surface area contributed by atoms with Gasteiger partial charge in [-0.3, -0.25) is 9.80 Å². The Balaban J connectivity index is 2.37. The van der Waals surface area contributed by atoms with Crippen molar-refractivity contribution in [3.8, 4) is 12.1 Å². The molecule has 0 unspecified atom stereocenters. The maximum absolute atomic E-state index is 9.24. The van der Waals surface area contributed by atoms with Gasteiger partial charge in [0.15, 0.2) is 23.0 Å². The summed E-state index contributed by atoms with van der Waals surface area (Å²) in [6.45, 7) is 19.0. The molecule has 0 N–H and O–H groups in total. The molecule has 0 saturated carbocycles. The van der Waals surface area contributed by atoms with Crippen LogP contribution in [-0.2, 0) is 0 Å². The minimum atomic E-state index is -0.0983. The van der Waals surface area contributed by atoms with Crippen molar-refractivity contribution < 1.29 is 0 Å². The van der Waals surface area contributed by atoms with Crippen LogP contribution in [0, 0.1) is 35.8 Å². The van der Waals surface area contributed by atoms with Gasteiger partial charge in [-0.25, -0.2) is 9.97 Å². The van der Waals surface area contributed by atoms with Crippen LogP contribution in [-0.4, -0.2) is 33.0 Å². The molecule has 1 aliphatic rings. The average Bonchev–Trinajstić information content (AvgIpc) is 2.69. The smallest absolute Gasteiger partial charge is 0.295 e. The lowest BCUT2D eigenvalue weighted by atomic mass is 10.2. The number of anilines is 4. The van der Waals surface area contributed by atoms with Crippen molar-refractivity contribution in [1.82, 2.24) is 19.9 Å². The molecule has 3 rings (SSSR count). The van der Waals surface area contributed by atoms with Crippen LogP contribution in [0.3, 0.4) is 0 Å². The fourth-order valence-corrected chi connectivity index (χ4v) is 2.65. The summed E-state index contributed by atoms with van der Waals surface area (Å²) in [7, 11) is 0. The Morgan fingerprint density at radius 3 is 1.38 bits per heavy atom. The summed E-state index contributed by atoms with van der Waals surface area (Å²) >= 11 is 0. The monoisotopic (exact) mass is 342 g/mol. The van der Waals surface area contributed by atoms with E-state index in [0.29, 0.717) is 36.4 Å².